The monoisotopic (exact) mass is 906 g/mol. The maximum Gasteiger partial charge on any atom is 0.306 e. The molecule has 0 amide bonds. The Balaban J connectivity index is 1.19. The van der Waals surface area contributed by atoms with Gasteiger partial charge in [0.05, 0.1) is 71.5 Å². The van der Waals surface area contributed by atoms with Crippen LogP contribution in [0.4, 0.5) is 0 Å². The lowest BCUT2D eigenvalue weighted by Gasteiger charge is -2.45. The topological polar surface area (TPSA) is 100 Å². The highest BCUT2D eigenvalue weighted by molar-refractivity contribution is 5.70. The normalized spacial score (nSPS) is 19.5. The maximum atomic E-state index is 14.9. The summed E-state index contributed by atoms with van der Waals surface area (Å²) in [6, 6.07) is 59.3. The third-order valence-electron chi connectivity index (χ3n) is 11.6. The summed E-state index contributed by atoms with van der Waals surface area (Å²) in [4.78, 5) is 14.9. The minimum atomic E-state index is -0.934. The quantitative estimate of drug-likeness (QED) is 0.0367. The van der Waals surface area contributed by atoms with Gasteiger partial charge in [-0.15, -0.1) is 6.58 Å². The van der Waals surface area contributed by atoms with E-state index >= 15 is 0 Å². The molecule has 6 aromatic carbocycles. The van der Waals surface area contributed by atoms with Crippen LogP contribution >= 0.6 is 0 Å². The van der Waals surface area contributed by atoms with Crippen LogP contribution in [0.2, 0.25) is 0 Å². The van der Waals surface area contributed by atoms with Gasteiger partial charge in [-0.2, -0.15) is 0 Å². The summed E-state index contributed by atoms with van der Waals surface area (Å²) in [5.41, 5.74) is 5.82. The maximum absolute atomic E-state index is 14.9. The molecular formula is C57H62O10. The molecular weight excluding hydrogens is 845 g/mol. The highest BCUT2D eigenvalue weighted by atomic mass is 16.7. The summed E-state index contributed by atoms with van der Waals surface area (Å²) in [6.07, 6.45) is -3.81. The van der Waals surface area contributed by atoms with Gasteiger partial charge in [0.1, 0.15) is 18.3 Å². The van der Waals surface area contributed by atoms with Crippen molar-refractivity contribution in [3.63, 3.8) is 0 Å². The van der Waals surface area contributed by atoms with E-state index in [1.165, 1.54) is 0 Å². The average molecular weight is 907 g/mol. The number of methoxy groups -OCH3 is 1. The summed E-state index contributed by atoms with van der Waals surface area (Å²) < 4.78 is 58.8. The van der Waals surface area contributed by atoms with Crippen molar-refractivity contribution in [1.82, 2.24) is 0 Å². The molecule has 0 aliphatic carbocycles. The minimum Gasteiger partial charge on any atom is -0.457 e. The second-order valence-electron chi connectivity index (χ2n) is 16.5. The standard InChI is InChI=1S/C57H62O10/c1-3-50(62-37-45-26-14-6-15-27-45)55(64-39-47-30-18-8-19-31-47)52(42-61-36-44-24-12-5-13-25-44)66-53(58)34-49-51(41-60-35-43-22-10-4-11-23-43)67-57(59-2)56(65-40-48-32-20-9-21-33-48)54(49)63-38-46-28-16-7-17-29-46/h3-33,49-52,54-57H,1,34-42H2,2H3/t49-,50-,51-,52-,54+,55+,56-,57+/m1/s1. The summed E-state index contributed by atoms with van der Waals surface area (Å²) in [5.74, 6) is -1.13. The number of esters is 1. The Bertz CT molecular complexity index is 2270. The van der Waals surface area contributed by atoms with Gasteiger partial charge < -0.3 is 42.6 Å². The molecule has 0 bridgehead atoms. The van der Waals surface area contributed by atoms with E-state index in [2.05, 4.69) is 6.58 Å². The SMILES string of the molecule is C=C[C@@H](OCc1ccccc1)[C@H](OCc1ccccc1)[C@@H](COCc1ccccc1)OC(=O)C[C@H]1[C@H](OCc2ccccc2)[C@@H](OCc2ccccc2)[C@@H](OC)O[C@@H]1COCc1ccccc1. The number of benzene rings is 6. The van der Waals surface area contributed by atoms with Crippen molar-refractivity contribution in [1.29, 1.82) is 0 Å². The zero-order valence-corrected chi connectivity index (χ0v) is 38.2. The highest BCUT2D eigenvalue weighted by Crippen LogP contribution is 2.35. The molecule has 7 rings (SSSR count). The van der Waals surface area contributed by atoms with Crippen molar-refractivity contribution >= 4 is 5.97 Å². The summed E-state index contributed by atoms with van der Waals surface area (Å²) in [7, 11) is 1.58. The van der Waals surface area contributed by atoms with E-state index in [4.69, 9.17) is 42.6 Å². The number of rotatable bonds is 27. The largest absolute Gasteiger partial charge is 0.457 e. The zero-order valence-electron chi connectivity index (χ0n) is 38.2. The van der Waals surface area contributed by atoms with Crippen LogP contribution in [0, 0.1) is 5.92 Å². The first-order chi connectivity index (χ1) is 33.1. The van der Waals surface area contributed by atoms with Crippen molar-refractivity contribution < 1.29 is 47.4 Å². The Morgan fingerprint density at radius 2 is 0.970 bits per heavy atom. The molecule has 1 saturated heterocycles. The predicted molar refractivity (Wildman–Crippen MR) is 256 cm³/mol. The lowest BCUT2D eigenvalue weighted by atomic mass is 9.86. The molecule has 10 nitrogen and oxygen atoms in total. The summed E-state index contributed by atoms with van der Waals surface area (Å²) in [6.45, 7) is 5.95. The van der Waals surface area contributed by atoms with Crippen LogP contribution < -0.4 is 0 Å². The van der Waals surface area contributed by atoms with Crippen molar-refractivity contribution in [2.75, 3.05) is 20.3 Å². The Hall–Kier alpha value is -5.79. The molecule has 1 fully saturated rings. The van der Waals surface area contributed by atoms with Crippen LogP contribution in [0.15, 0.2) is 195 Å². The van der Waals surface area contributed by atoms with E-state index in [-0.39, 0.29) is 52.7 Å². The fourth-order valence-electron chi connectivity index (χ4n) is 8.07. The smallest absolute Gasteiger partial charge is 0.306 e. The van der Waals surface area contributed by atoms with Crippen molar-refractivity contribution in [2.24, 2.45) is 5.92 Å². The van der Waals surface area contributed by atoms with Crippen LogP contribution in [-0.2, 0) is 87.1 Å². The first-order valence-electron chi connectivity index (χ1n) is 22.9. The lowest BCUT2D eigenvalue weighted by Crippen LogP contribution is -2.58. The number of ether oxygens (including phenoxy) is 9. The van der Waals surface area contributed by atoms with Crippen molar-refractivity contribution in [3.8, 4) is 0 Å². The molecule has 67 heavy (non-hydrogen) atoms. The molecule has 0 N–H and O–H groups in total. The second kappa shape index (κ2) is 27.1. The van der Waals surface area contributed by atoms with Gasteiger partial charge in [0.15, 0.2) is 12.4 Å². The minimum absolute atomic E-state index is 0.00636. The molecule has 0 unspecified atom stereocenters. The lowest BCUT2D eigenvalue weighted by molar-refractivity contribution is -0.306. The van der Waals surface area contributed by atoms with E-state index < -0.39 is 54.8 Å². The van der Waals surface area contributed by atoms with Crippen molar-refractivity contribution in [2.45, 2.75) is 89.0 Å². The van der Waals surface area contributed by atoms with Crippen LogP contribution in [0.25, 0.3) is 0 Å². The third-order valence-corrected chi connectivity index (χ3v) is 11.6. The van der Waals surface area contributed by atoms with Crippen molar-refractivity contribution in [3.05, 3.63) is 228 Å². The Morgan fingerprint density at radius 1 is 0.552 bits per heavy atom. The number of hydrogen-bond donors (Lipinski definition) is 0. The van der Waals surface area contributed by atoms with E-state index in [0.29, 0.717) is 6.61 Å². The number of hydrogen-bond acceptors (Lipinski definition) is 10. The molecule has 350 valence electrons. The zero-order chi connectivity index (χ0) is 46.3. The van der Waals surface area contributed by atoms with Gasteiger partial charge in [-0.25, -0.2) is 0 Å². The van der Waals surface area contributed by atoms with E-state index in [0.717, 1.165) is 33.4 Å². The Morgan fingerprint density at radius 3 is 1.43 bits per heavy atom. The van der Waals surface area contributed by atoms with Crippen LogP contribution in [0.1, 0.15) is 39.8 Å². The van der Waals surface area contributed by atoms with Gasteiger partial charge in [0.2, 0.25) is 0 Å². The van der Waals surface area contributed by atoms with E-state index in [1.54, 1.807) is 13.2 Å². The number of carbonyl (C=O) groups excluding carboxylic acids is 1. The molecule has 0 spiro atoms. The van der Waals surface area contributed by atoms with Gasteiger partial charge in [-0.05, 0) is 33.4 Å². The first kappa shape index (κ1) is 49.1. The van der Waals surface area contributed by atoms with Gasteiger partial charge in [-0.3, -0.25) is 4.79 Å². The molecule has 0 radical (unpaired) electrons. The molecule has 1 aliphatic heterocycles. The highest BCUT2D eigenvalue weighted by Gasteiger charge is 2.49. The molecule has 1 aliphatic rings. The Kier molecular flexibility index (Phi) is 19.9. The van der Waals surface area contributed by atoms with Gasteiger partial charge in [-0.1, -0.05) is 188 Å². The first-order valence-corrected chi connectivity index (χ1v) is 22.9. The summed E-state index contributed by atoms with van der Waals surface area (Å²) in [5, 5.41) is 0. The van der Waals surface area contributed by atoms with E-state index in [9.17, 15) is 4.79 Å². The predicted octanol–water partition coefficient (Wildman–Crippen LogP) is 10.2. The molecule has 1 heterocycles. The van der Waals surface area contributed by atoms with Gasteiger partial charge >= 0.3 is 5.97 Å². The van der Waals surface area contributed by atoms with E-state index in [1.807, 2.05) is 182 Å². The fourth-order valence-corrected chi connectivity index (χ4v) is 8.07. The molecule has 10 heteroatoms. The van der Waals surface area contributed by atoms with Gasteiger partial charge in [0.25, 0.3) is 0 Å². The van der Waals surface area contributed by atoms with Crippen LogP contribution in [-0.4, -0.2) is 69.2 Å². The number of carbonyl (C=O) groups is 1. The molecule has 8 atom stereocenters. The van der Waals surface area contributed by atoms with Crippen LogP contribution in [0.3, 0.4) is 0 Å². The fraction of sp³-hybridized carbons (Fsp3) is 0.316. The second-order valence-corrected chi connectivity index (χ2v) is 16.5. The van der Waals surface area contributed by atoms with Crippen LogP contribution in [0.5, 0.6) is 0 Å². The summed E-state index contributed by atoms with van der Waals surface area (Å²) >= 11 is 0. The molecule has 0 saturated carbocycles. The average Bonchev–Trinajstić information content (AvgIpc) is 3.38. The molecule has 0 aromatic heterocycles. The van der Waals surface area contributed by atoms with Gasteiger partial charge in [0, 0.05) is 13.0 Å². The molecule has 6 aromatic rings. The third kappa shape index (κ3) is 15.6. The Labute approximate surface area is 395 Å².